The molecule has 1 aromatic heterocycles. The summed E-state index contributed by atoms with van der Waals surface area (Å²) in [6.45, 7) is -0.281. The van der Waals surface area contributed by atoms with Crippen LogP contribution in [0.5, 0.6) is 0 Å². The second-order valence-corrected chi connectivity index (χ2v) is 2.38. The molecular formula is C6H7N3O5. The molecule has 0 aliphatic rings. The Hall–Kier alpha value is -1.93. The van der Waals surface area contributed by atoms with Crippen LogP contribution in [0.25, 0.3) is 0 Å². The molecule has 14 heavy (non-hydrogen) atoms. The summed E-state index contributed by atoms with van der Waals surface area (Å²) in [6, 6.07) is 0. The van der Waals surface area contributed by atoms with Gasteiger partial charge in [0.05, 0.1) is 6.54 Å². The molecule has 0 aliphatic heterocycles. The number of aldehydes is 1. The van der Waals surface area contributed by atoms with Crippen LogP contribution in [0.4, 0.5) is 5.69 Å². The highest BCUT2D eigenvalue weighted by molar-refractivity contribution is 5.49. The van der Waals surface area contributed by atoms with Crippen LogP contribution in [-0.4, -0.2) is 26.3 Å². The second-order valence-electron chi connectivity index (χ2n) is 2.38. The van der Waals surface area contributed by atoms with E-state index in [0.717, 1.165) is 10.8 Å². The molecule has 8 heteroatoms. The Balaban J connectivity index is 3.34. The highest BCUT2D eigenvalue weighted by Gasteiger charge is 2.08. The fourth-order valence-electron chi connectivity index (χ4n) is 0.856. The molecule has 0 saturated heterocycles. The van der Waals surface area contributed by atoms with Crippen LogP contribution >= 0.6 is 0 Å². The monoisotopic (exact) mass is 201 g/mol. The van der Waals surface area contributed by atoms with Crippen molar-refractivity contribution in [1.82, 2.24) is 9.55 Å². The van der Waals surface area contributed by atoms with Gasteiger partial charge >= 0.3 is 5.69 Å². The van der Waals surface area contributed by atoms with E-state index in [0.29, 0.717) is 6.29 Å². The number of carbonyl (C=O) groups excluding carboxylic acids is 1. The topological polar surface area (TPSA) is 116 Å². The average molecular weight is 201 g/mol. The van der Waals surface area contributed by atoms with E-state index in [1.807, 2.05) is 0 Å². The largest absolute Gasteiger partial charge is 0.328 e. The lowest BCUT2D eigenvalue weighted by molar-refractivity contribution is -0.108. The number of carbonyl (C=O) groups is 1. The predicted molar refractivity (Wildman–Crippen MR) is 43.4 cm³/mol. The van der Waals surface area contributed by atoms with Crippen molar-refractivity contribution in [1.29, 1.82) is 0 Å². The van der Waals surface area contributed by atoms with Crippen LogP contribution in [0.15, 0.2) is 15.8 Å². The minimum atomic E-state index is -0.956. The molecule has 0 aliphatic carbocycles. The molecule has 1 heterocycles. The SMILES string of the molecule is O=CCn1cc(N(O)O)c(=O)[nH]c1=O. The highest BCUT2D eigenvalue weighted by atomic mass is 16.8. The molecule has 3 N–H and O–H groups in total. The van der Waals surface area contributed by atoms with Crippen LogP contribution in [0.1, 0.15) is 0 Å². The van der Waals surface area contributed by atoms with Gasteiger partial charge in [-0.2, -0.15) is 0 Å². The van der Waals surface area contributed by atoms with Crippen LogP contribution < -0.4 is 16.5 Å². The smallest absolute Gasteiger partial charge is 0.301 e. The van der Waals surface area contributed by atoms with E-state index in [1.165, 1.54) is 0 Å². The third kappa shape index (κ3) is 1.87. The minimum Gasteiger partial charge on any atom is -0.301 e. The lowest BCUT2D eigenvalue weighted by Gasteiger charge is -2.07. The first-order chi connectivity index (χ1) is 6.56. The Labute approximate surface area is 76.6 Å². The quantitative estimate of drug-likeness (QED) is 0.397. The fourth-order valence-corrected chi connectivity index (χ4v) is 0.856. The number of anilines is 1. The van der Waals surface area contributed by atoms with Crippen molar-refractivity contribution >= 4 is 12.0 Å². The molecule has 0 radical (unpaired) electrons. The number of H-pyrrole nitrogens is 1. The molecule has 0 aromatic carbocycles. The number of nitrogens with one attached hydrogen (secondary N) is 1. The van der Waals surface area contributed by atoms with E-state index < -0.39 is 22.2 Å². The van der Waals surface area contributed by atoms with Gasteiger partial charge in [-0.3, -0.25) is 24.8 Å². The molecule has 0 bridgehead atoms. The van der Waals surface area contributed by atoms with Gasteiger partial charge < -0.3 is 4.79 Å². The number of hydrogen-bond donors (Lipinski definition) is 3. The first kappa shape index (κ1) is 10.2. The molecule has 0 atom stereocenters. The number of nitrogens with zero attached hydrogens (tertiary/aromatic N) is 2. The molecule has 0 unspecified atom stereocenters. The van der Waals surface area contributed by atoms with E-state index >= 15 is 0 Å². The maximum atomic E-state index is 11.0. The number of hydrogen-bond acceptors (Lipinski definition) is 6. The lowest BCUT2D eigenvalue weighted by atomic mass is 10.5. The summed E-state index contributed by atoms with van der Waals surface area (Å²) >= 11 is 0. The molecule has 0 saturated carbocycles. The van der Waals surface area contributed by atoms with E-state index in [2.05, 4.69) is 0 Å². The van der Waals surface area contributed by atoms with Crippen molar-refractivity contribution in [2.75, 3.05) is 5.23 Å². The van der Waals surface area contributed by atoms with Crippen LogP contribution in [0.2, 0.25) is 0 Å². The summed E-state index contributed by atoms with van der Waals surface area (Å²) in [5.41, 5.74) is -2.30. The molecule has 0 fully saturated rings. The zero-order valence-corrected chi connectivity index (χ0v) is 6.88. The molecule has 1 aromatic rings. The maximum Gasteiger partial charge on any atom is 0.328 e. The maximum absolute atomic E-state index is 11.0. The van der Waals surface area contributed by atoms with Crippen molar-refractivity contribution in [3.05, 3.63) is 27.0 Å². The molecule has 0 amide bonds. The zero-order valence-electron chi connectivity index (χ0n) is 6.88. The Morgan fingerprint density at radius 2 is 2.14 bits per heavy atom. The first-order valence-electron chi connectivity index (χ1n) is 3.51. The van der Waals surface area contributed by atoms with Crippen LogP contribution in [0, 0.1) is 0 Å². The number of aromatic nitrogens is 2. The first-order valence-corrected chi connectivity index (χ1v) is 3.51. The van der Waals surface area contributed by atoms with Gasteiger partial charge in [0.15, 0.2) is 5.69 Å². The zero-order chi connectivity index (χ0) is 10.7. The van der Waals surface area contributed by atoms with Gasteiger partial charge in [-0.05, 0) is 0 Å². The summed E-state index contributed by atoms with van der Waals surface area (Å²) in [5.74, 6) is 0. The summed E-state index contributed by atoms with van der Waals surface area (Å²) in [4.78, 5) is 33.8. The van der Waals surface area contributed by atoms with Gasteiger partial charge in [-0.25, -0.2) is 4.79 Å². The molecule has 0 spiro atoms. The van der Waals surface area contributed by atoms with Gasteiger partial charge in [0, 0.05) is 6.20 Å². The van der Waals surface area contributed by atoms with E-state index in [4.69, 9.17) is 10.4 Å². The Morgan fingerprint density at radius 1 is 1.50 bits per heavy atom. The molecule has 8 nitrogen and oxygen atoms in total. The second kappa shape index (κ2) is 3.85. The normalized spacial score (nSPS) is 9.86. The standard InChI is InChI=1S/C6H7N3O5/c10-2-1-8-3-4(9(13)14)5(11)7-6(8)12/h2-3,13-14H,1H2,(H,7,11,12). The third-order valence-electron chi connectivity index (χ3n) is 1.48. The highest BCUT2D eigenvalue weighted by Crippen LogP contribution is 1.97. The van der Waals surface area contributed by atoms with Crippen molar-refractivity contribution in [2.45, 2.75) is 6.54 Å². The molecule has 76 valence electrons. The Morgan fingerprint density at radius 3 is 2.64 bits per heavy atom. The fraction of sp³-hybridized carbons (Fsp3) is 0.167. The van der Waals surface area contributed by atoms with Crippen LogP contribution in [-0.2, 0) is 11.3 Å². The van der Waals surface area contributed by atoms with E-state index in [-0.39, 0.29) is 6.54 Å². The Kier molecular flexibility index (Phi) is 2.79. The Bertz CT molecular complexity index is 446. The minimum absolute atomic E-state index is 0.281. The van der Waals surface area contributed by atoms with Gasteiger partial charge in [0.25, 0.3) is 5.56 Å². The summed E-state index contributed by atoms with van der Waals surface area (Å²) in [7, 11) is 0. The summed E-state index contributed by atoms with van der Waals surface area (Å²) in [5, 5.41) is 16.7. The number of aromatic amines is 1. The van der Waals surface area contributed by atoms with Gasteiger partial charge in [0.1, 0.15) is 6.29 Å². The lowest BCUT2D eigenvalue weighted by Crippen LogP contribution is -2.33. The van der Waals surface area contributed by atoms with Gasteiger partial charge in [0.2, 0.25) is 0 Å². The van der Waals surface area contributed by atoms with Crippen molar-refractivity contribution in [3.63, 3.8) is 0 Å². The average Bonchev–Trinajstić information content (AvgIpc) is 2.09. The van der Waals surface area contributed by atoms with E-state index in [1.54, 1.807) is 4.98 Å². The van der Waals surface area contributed by atoms with E-state index in [9.17, 15) is 14.4 Å². The molecular weight excluding hydrogens is 194 g/mol. The molecule has 1 rings (SSSR count). The van der Waals surface area contributed by atoms with Crippen molar-refractivity contribution in [2.24, 2.45) is 0 Å². The van der Waals surface area contributed by atoms with Crippen molar-refractivity contribution in [3.8, 4) is 0 Å². The summed E-state index contributed by atoms with van der Waals surface area (Å²) < 4.78 is 0.823. The van der Waals surface area contributed by atoms with Crippen LogP contribution in [0.3, 0.4) is 0 Å². The predicted octanol–water partition coefficient (Wildman–Crippen LogP) is -1.68. The van der Waals surface area contributed by atoms with Crippen molar-refractivity contribution < 1.29 is 15.2 Å². The van der Waals surface area contributed by atoms with Gasteiger partial charge in [-0.15, -0.1) is 5.23 Å². The number of rotatable bonds is 3. The van der Waals surface area contributed by atoms with Gasteiger partial charge in [-0.1, -0.05) is 0 Å². The third-order valence-corrected chi connectivity index (χ3v) is 1.48. The summed E-state index contributed by atoms with van der Waals surface area (Å²) in [6.07, 6.45) is 1.29.